The van der Waals surface area contributed by atoms with Crippen molar-refractivity contribution in [1.29, 1.82) is 0 Å². The van der Waals surface area contributed by atoms with Crippen molar-refractivity contribution in [3.8, 4) is 0 Å². The molecule has 0 fully saturated rings. The van der Waals surface area contributed by atoms with Crippen LogP contribution in [0.5, 0.6) is 0 Å². The second-order valence-corrected chi connectivity index (χ2v) is 4.01. The predicted octanol–water partition coefficient (Wildman–Crippen LogP) is 2.85. The molecule has 1 aromatic carbocycles. The summed E-state index contributed by atoms with van der Waals surface area (Å²) >= 11 is 3.25. The molecule has 0 aliphatic carbocycles. The summed E-state index contributed by atoms with van der Waals surface area (Å²) in [6.07, 6.45) is -0.241. The van der Waals surface area contributed by atoms with Gasteiger partial charge in [0.25, 0.3) is 5.92 Å². The Labute approximate surface area is 90.6 Å². The van der Waals surface area contributed by atoms with Crippen molar-refractivity contribution >= 4 is 15.9 Å². The summed E-state index contributed by atoms with van der Waals surface area (Å²) in [7, 11) is 1.52. The van der Waals surface area contributed by atoms with E-state index < -0.39 is 5.92 Å². The molecule has 0 aliphatic heterocycles. The van der Waals surface area contributed by atoms with Crippen LogP contribution in [0.3, 0.4) is 0 Å². The molecule has 0 atom stereocenters. The number of hydrogen-bond donors (Lipinski definition) is 1. The van der Waals surface area contributed by atoms with Crippen LogP contribution in [0.1, 0.15) is 5.56 Å². The van der Waals surface area contributed by atoms with Crippen LogP contribution in [-0.4, -0.2) is 19.5 Å². The molecule has 78 valence electrons. The molecule has 1 N–H and O–H groups in total. The van der Waals surface area contributed by atoms with Gasteiger partial charge in [0.05, 0.1) is 6.54 Å². The van der Waals surface area contributed by atoms with Crippen LogP contribution >= 0.6 is 15.9 Å². The van der Waals surface area contributed by atoms with E-state index in [0.717, 1.165) is 4.47 Å². The minimum Gasteiger partial charge on any atom is -0.314 e. The zero-order chi connectivity index (χ0) is 10.6. The number of hydrogen-bond acceptors (Lipinski definition) is 1. The van der Waals surface area contributed by atoms with E-state index in [9.17, 15) is 8.78 Å². The Bertz CT molecular complexity index is 302. The van der Waals surface area contributed by atoms with Crippen molar-refractivity contribution in [3.63, 3.8) is 0 Å². The number of rotatable bonds is 4. The predicted molar refractivity (Wildman–Crippen MR) is 56.7 cm³/mol. The SMILES string of the molecule is CNCC(F)(F)Cc1ccccc1Br. The van der Waals surface area contributed by atoms with Gasteiger partial charge in [-0.1, -0.05) is 34.1 Å². The van der Waals surface area contributed by atoms with Gasteiger partial charge in [0.1, 0.15) is 0 Å². The molecule has 14 heavy (non-hydrogen) atoms. The van der Waals surface area contributed by atoms with Crippen molar-refractivity contribution in [3.05, 3.63) is 34.3 Å². The first-order valence-corrected chi connectivity index (χ1v) is 5.10. The molecule has 1 aromatic rings. The van der Waals surface area contributed by atoms with Gasteiger partial charge in [-0.25, -0.2) is 8.78 Å². The Morgan fingerprint density at radius 3 is 2.57 bits per heavy atom. The zero-order valence-corrected chi connectivity index (χ0v) is 9.44. The summed E-state index contributed by atoms with van der Waals surface area (Å²) in [6.45, 7) is -0.297. The molecule has 0 radical (unpaired) electrons. The van der Waals surface area contributed by atoms with Gasteiger partial charge in [0.15, 0.2) is 0 Å². The molecule has 1 nitrogen and oxygen atoms in total. The minimum atomic E-state index is -2.70. The van der Waals surface area contributed by atoms with Gasteiger partial charge < -0.3 is 5.32 Å². The van der Waals surface area contributed by atoms with Crippen molar-refractivity contribution in [2.24, 2.45) is 0 Å². The average molecular weight is 264 g/mol. The van der Waals surface area contributed by atoms with Gasteiger partial charge in [-0.05, 0) is 18.7 Å². The molecule has 0 aliphatic rings. The zero-order valence-electron chi connectivity index (χ0n) is 7.86. The summed E-state index contributed by atoms with van der Waals surface area (Å²) in [5.74, 6) is -2.70. The third-order valence-electron chi connectivity index (χ3n) is 1.84. The largest absolute Gasteiger partial charge is 0.314 e. The topological polar surface area (TPSA) is 12.0 Å². The third kappa shape index (κ3) is 3.35. The smallest absolute Gasteiger partial charge is 0.264 e. The van der Waals surface area contributed by atoms with Gasteiger partial charge in [0, 0.05) is 10.9 Å². The summed E-state index contributed by atoms with van der Waals surface area (Å²) in [5.41, 5.74) is 0.632. The lowest BCUT2D eigenvalue weighted by Gasteiger charge is -2.16. The molecule has 0 saturated carbocycles. The minimum absolute atomic E-state index is 0.241. The fourth-order valence-corrected chi connectivity index (χ4v) is 1.67. The molecule has 0 heterocycles. The maximum absolute atomic E-state index is 13.2. The van der Waals surface area contributed by atoms with E-state index in [4.69, 9.17) is 0 Å². The quantitative estimate of drug-likeness (QED) is 0.881. The molecule has 0 spiro atoms. The summed E-state index contributed by atoms with van der Waals surface area (Å²) < 4.78 is 27.1. The summed E-state index contributed by atoms with van der Waals surface area (Å²) in [6, 6.07) is 7.04. The third-order valence-corrected chi connectivity index (χ3v) is 2.62. The van der Waals surface area contributed by atoms with Crippen LogP contribution < -0.4 is 5.32 Å². The average Bonchev–Trinajstić information content (AvgIpc) is 2.08. The van der Waals surface area contributed by atoms with Gasteiger partial charge in [-0.2, -0.15) is 0 Å². The lowest BCUT2D eigenvalue weighted by Crippen LogP contribution is -2.32. The van der Waals surface area contributed by atoms with Crippen LogP contribution in [0, 0.1) is 0 Å². The van der Waals surface area contributed by atoms with Crippen molar-refractivity contribution in [2.75, 3.05) is 13.6 Å². The van der Waals surface area contributed by atoms with E-state index >= 15 is 0 Å². The Kier molecular flexibility index (Phi) is 4.01. The summed E-state index contributed by atoms with van der Waals surface area (Å²) in [4.78, 5) is 0. The highest BCUT2D eigenvalue weighted by molar-refractivity contribution is 9.10. The molecule has 0 amide bonds. The first kappa shape index (κ1) is 11.6. The molecule has 0 unspecified atom stereocenters. The van der Waals surface area contributed by atoms with Gasteiger partial charge in [0.2, 0.25) is 0 Å². The summed E-state index contributed by atoms with van der Waals surface area (Å²) in [5, 5.41) is 2.48. The first-order chi connectivity index (χ1) is 6.55. The Morgan fingerprint density at radius 2 is 2.00 bits per heavy atom. The van der Waals surface area contributed by atoms with E-state index in [1.54, 1.807) is 18.2 Å². The van der Waals surface area contributed by atoms with E-state index in [1.807, 2.05) is 6.07 Å². The normalized spacial score (nSPS) is 11.7. The van der Waals surface area contributed by atoms with E-state index in [-0.39, 0.29) is 13.0 Å². The van der Waals surface area contributed by atoms with Crippen LogP contribution in [-0.2, 0) is 6.42 Å². The molecule has 4 heteroatoms. The molecular formula is C10H12BrF2N. The lowest BCUT2D eigenvalue weighted by molar-refractivity contribution is 0.00435. The van der Waals surface area contributed by atoms with Crippen LogP contribution in [0.25, 0.3) is 0 Å². The number of alkyl halides is 2. The van der Waals surface area contributed by atoms with Crippen molar-refractivity contribution in [2.45, 2.75) is 12.3 Å². The fourth-order valence-electron chi connectivity index (χ4n) is 1.24. The van der Waals surface area contributed by atoms with E-state index in [0.29, 0.717) is 5.56 Å². The van der Waals surface area contributed by atoms with Crippen molar-refractivity contribution < 1.29 is 8.78 Å². The molecular weight excluding hydrogens is 252 g/mol. The van der Waals surface area contributed by atoms with Crippen LogP contribution in [0.15, 0.2) is 28.7 Å². The van der Waals surface area contributed by atoms with Gasteiger partial charge in [-0.15, -0.1) is 0 Å². The second kappa shape index (κ2) is 4.84. The van der Waals surface area contributed by atoms with Crippen LogP contribution in [0.4, 0.5) is 8.78 Å². The maximum atomic E-state index is 13.2. The first-order valence-electron chi connectivity index (χ1n) is 4.31. The highest BCUT2D eigenvalue weighted by Gasteiger charge is 2.28. The molecule has 1 rings (SSSR count). The number of nitrogens with one attached hydrogen (secondary N) is 1. The Morgan fingerprint density at radius 1 is 1.36 bits per heavy atom. The highest BCUT2D eigenvalue weighted by atomic mass is 79.9. The van der Waals surface area contributed by atoms with E-state index in [2.05, 4.69) is 21.2 Å². The van der Waals surface area contributed by atoms with Crippen LogP contribution in [0.2, 0.25) is 0 Å². The maximum Gasteiger partial charge on any atom is 0.264 e. The number of halogens is 3. The molecule has 0 aromatic heterocycles. The standard InChI is InChI=1S/C10H12BrF2N/c1-14-7-10(12,13)6-8-4-2-3-5-9(8)11/h2-5,14H,6-7H2,1H3. The fraction of sp³-hybridized carbons (Fsp3) is 0.400. The van der Waals surface area contributed by atoms with Gasteiger partial charge in [-0.3, -0.25) is 0 Å². The Hall–Kier alpha value is -0.480. The van der Waals surface area contributed by atoms with Gasteiger partial charge >= 0.3 is 0 Å². The number of benzene rings is 1. The Balaban J connectivity index is 2.73. The van der Waals surface area contributed by atoms with Crippen molar-refractivity contribution in [1.82, 2.24) is 5.32 Å². The monoisotopic (exact) mass is 263 g/mol. The lowest BCUT2D eigenvalue weighted by atomic mass is 10.1. The highest BCUT2D eigenvalue weighted by Crippen LogP contribution is 2.24. The molecule has 0 bridgehead atoms. The van der Waals surface area contributed by atoms with E-state index in [1.165, 1.54) is 7.05 Å². The second-order valence-electron chi connectivity index (χ2n) is 3.15. The molecule has 0 saturated heterocycles.